The summed E-state index contributed by atoms with van der Waals surface area (Å²) < 4.78 is 0. The third-order valence-corrected chi connectivity index (χ3v) is 2.15. The highest BCUT2D eigenvalue weighted by atomic mass is 35.5. The van der Waals surface area contributed by atoms with E-state index in [0.29, 0.717) is 10.9 Å². The van der Waals surface area contributed by atoms with Crippen LogP contribution in [-0.4, -0.2) is 11.0 Å². The first-order valence-electron chi connectivity index (χ1n) is 3.89. The Morgan fingerprint density at radius 1 is 1.38 bits per heavy atom. The van der Waals surface area contributed by atoms with Gasteiger partial charge in [-0.3, -0.25) is 0 Å². The second-order valence-corrected chi connectivity index (χ2v) is 3.29. The Morgan fingerprint density at radius 3 is 2.77 bits per heavy atom. The summed E-state index contributed by atoms with van der Waals surface area (Å²) in [7, 11) is 0. The molecule has 1 nitrogen and oxygen atoms in total. The van der Waals surface area contributed by atoms with E-state index in [9.17, 15) is 0 Å². The molecule has 1 N–H and O–H groups in total. The number of hydrogen-bond acceptors (Lipinski definition) is 1. The van der Waals surface area contributed by atoms with Gasteiger partial charge in [0.1, 0.15) is 0 Å². The van der Waals surface area contributed by atoms with Crippen LogP contribution in [0.25, 0.3) is 6.08 Å². The maximum absolute atomic E-state index is 8.89. The number of allylic oxidation sites excluding steroid dienone is 1. The van der Waals surface area contributed by atoms with Crippen LogP contribution in [0.5, 0.6) is 0 Å². The first-order valence-corrected chi connectivity index (χ1v) is 4.81. The molecular weight excluding hydrogens is 207 g/mol. The molecule has 0 unspecified atom stereocenters. The van der Waals surface area contributed by atoms with Crippen molar-refractivity contribution in [2.45, 2.75) is 6.61 Å². The molecule has 70 valence electrons. The normalized spacial score (nSPS) is 11.0. The highest BCUT2D eigenvalue weighted by Crippen LogP contribution is 2.19. The zero-order valence-corrected chi connectivity index (χ0v) is 8.52. The zero-order valence-electron chi connectivity index (χ0n) is 7.00. The van der Waals surface area contributed by atoms with Crippen molar-refractivity contribution in [3.8, 4) is 0 Å². The zero-order chi connectivity index (χ0) is 9.68. The number of halogens is 2. The minimum Gasteiger partial charge on any atom is -0.392 e. The van der Waals surface area contributed by atoms with E-state index in [-0.39, 0.29) is 6.61 Å². The summed E-state index contributed by atoms with van der Waals surface area (Å²) in [5, 5.41) is 9.55. The minimum absolute atomic E-state index is 0.0267. The number of alkyl halides is 1. The molecule has 0 spiro atoms. The van der Waals surface area contributed by atoms with Gasteiger partial charge in [0.25, 0.3) is 0 Å². The SMILES string of the molecule is OCc1ccc(Cl)c(C=CCCl)c1. The maximum Gasteiger partial charge on any atom is 0.0682 e. The first-order chi connectivity index (χ1) is 6.27. The quantitative estimate of drug-likeness (QED) is 0.771. The van der Waals surface area contributed by atoms with Gasteiger partial charge in [-0.05, 0) is 23.3 Å². The monoisotopic (exact) mass is 216 g/mol. The van der Waals surface area contributed by atoms with Crippen LogP contribution in [0.15, 0.2) is 24.3 Å². The summed E-state index contributed by atoms with van der Waals surface area (Å²) in [6.45, 7) is 0.0267. The molecule has 1 rings (SSSR count). The molecule has 0 amide bonds. The lowest BCUT2D eigenvalue weighted by atomic mass is 10.1. The van der Waals surface area contributed by atoms with Gasteiger partial charge in [-0.25, -0.2) is 0 Å². The van der Waals surface area contributed by atoms with Crippen LogP contribution in [0.4, 0.5) is 0 Å². The molecule has 13 heavy (non-hydrogen) atoms. The highest BCUT2D eigenvalue weighted by Gasteiger charge is 1.97. The van der Waals surface area contributed by atoms with E-state index in [2.05, 4.69) is 0 Å². The van der Waals surface area contributed by atoms with Gasteiger partial charge in [0.2, 0.25) is 0 Å². The number of benzene rings is 1. The lowest BCUT2D eigenvalue weighted by Gasteiger charge is -2.00. The van der Waals surface area contributed by atoms with Crippen molar-refractivity contribution in [3.63, 3.8) is 0 Å². The number of aliphatic hydroxyl groups excluding tert-OH is 1. The van der Waals surface area contributed by atoms with Gasteiger partial charge in [0.15, 0.2) is 0 Å². The molecule has 0 aliphatic carbocycles. The Labute approximate surface area is 87.6 Å². The summed E-state index contributed by atoms with van der Waals surface area (Å²) >= 11 is 11.4. The van der Waals surface area contributed by atoms with Crippen LogP contribution >= 0.6 is 23.2 Å². The molecule has 1 aromatic rings. The fourth-order valence-electron chi connectivity index (χ4n) is 0.991. The predicted molar refractivity (Wildman–Crippen MR) is 57.1 cm³/mol. The largest absolute Gasteiger partial charge is 0.392 e. The third kappa shape index (κ3) is 3.03. The van der Waals surface area contributed by atoms with Crippen LogP contribution in [0.1, 0.15) is 11.1 Å². The van der Waals surface area contributed by atoms with Gasteiger partial charge in [-0.2, -0.15) is 0 Å². The van der Waals surface area contributed by atoms with E-state index in [1.54, 1.807) is 12.1 Å². The molecule has 0 aliphatic heterocycles. The van der Waals surface area contributed by atoms with Crippen LogP contribution < -0.4 is 0 Å². The number of aliphatic hydroxyl groups is 1. The molecule has 1 aromatic carbocycles. The van der Waals surface area contributed by atoms with Crippen LogP contribution in [0.2, 0.25) is 5.02 Å². The summed E-state index contributed by atoms with van der Waals surface area (Å²) in [4.78, 5) is 0. The number of hydrogen-bond donors (Lipinski definition) is 1. The summed E-state index contributed by atoms with van der Waals surface area (Å²) in [5.74, 6) is 0.458. The topological polar surface area (TPSA) is 20.2 Å². The van der Waals surface area contributed by atoms with Crippen molar-refractivity contribution < 1.29 is 5.11 Å². The van der Waals surface area contributed by atoms with E-state index in [1.807, 2.05) is 18.2 Å². The smallest absolute Gasteiger partial charge is 0.0682 e. The fraction of sp³-hybridized carbons (Fsp3) is 0.200. The molecule has 0 aliphatic rings. The first kappa shape index (κ1) is 10.6. The van der Waals surface area contributed by atoms with Crippen molar-refractivity contribution in [2.24, 2.45) is 0 Å². The van der Waals surface area contributed by atoms with Crippen LogP contribution in [0.3, 0.4) is 0 Å². The average molecular weight is 217 g/mol. The van der Waals surface area contributed by atoms with Crippen molar-refractivity contribution >= 4 is 29.3 Å². The van der Waals surface area contributed by atoms with Gasteiger partial charge >= 0.3 is 0 Å². The van der Waals surface area contributed by atoms with Crippen molar-refractivity contribution in [1.82, 2.24) is 0 Å². The standard InChI is InChI=1S/C10H10Cl2O/c11-5-1-2-9-6-8(7-13)3-4-10(9)12/h1-4,6,13H,5,7H2. The van der Waals surface area contributed by atoms with Gasteiger partial charge in [0.05, 0.1) is 6.61 Å². The summed E-state index contributed by atoms with van der Waals surface area (Å²) in [6, 6.07) is 5.40. The lowest BCUT2D eigenvalue weighted by molar-refractivity contribution is 0.282. The van der Waals surface area contributed by atoms with Crippen molar-refractivity contribution in [3.05, 3.63) is 40.4 Å². The van der Waals surface area contributed by atoms with Gasteiger partial charge in [-0.15, -0.1) is 11.6 Å². The minimum atomic E-state index is 0.0267. The molecule has 0 heterocycles. The van der Waals surface area contributed by atoms with Crippen molar-refractivity contribution in [1.29, 1.82) is 0 Å². The summed E-state index contributed by atoms with van der Waals surface area (Å²) in [6.07, 6.45) is 3.65. The Hall–Kier alpha value is -0.500. The van der Waals surface area contributed by atoms with Crippen LogP contribution in [-0.2, 0) is 6.61 Å². The molecule has 0 aromatic heterocycles. The Balaban J connectivity index is 2.97. The fourth-order valence-corrected chi connectivity index (χ4v) is 1.26. The van der Waals surface area contributed by atoms with E-state index < -0.39 is 0 Å². The second-order valence-electron chi connectivity index (χ2n) is 2.57. The van der Waals surface area contributed by atoms with E-state index in [4.69, 9.17) is 28.3 Å². The van der Waals surface area contributed by atoms with Gasteiger partial charge < -0.3 is 5.11 Å². The lowest BCUT2D eigenvalue weighted by Crippen LogP contribution is -1.84. The van der Waals surface area contributed by atoms with E-state index in [0.717, 1.165) is 11.1 Å². The Morgan fingerprint density at radius 2 is 2.15 bits per heavy atom. The predicted octanol–water partition coefficient (Wildman–Crippen LogP) is 3.08. The average Bonchev–Trinajstić information content (AvgIpc) is 2.17. The Bertz CT molecular complexity index is 308. The molecule has 3 heteroatoms. The second kappa shape index (κ2) is 5.28. The molecule has 0 fully saturated rings. The number of rotatable bonds is 3. The van der Waals surface area contributed by atoms with E-state index >= 15 is 0 Å². The van der Waals surface area contributed by atoms with Gasteiger partial charge in [0, 0.05) is 10.9 Å². The molecule has 0 bridgehead atoms. The van der Waals surface area contributed by atoms with E-state index in [1.165, 1.54) is 0 Å². The molecule has 0 atom stereocenters. The maximum atomic E-state index is 8.89. The van der Waals surface area contributed by atoms with Gasteiger partial charge in [-0.1, -0.05) is 29.8 Å². The molecule has 0 saturated heterocycles. The highest BCUT2D eigenvalue weighted by molar-refractivity contribution is 6.32. The summed E-state index contributed by atoms with van der Waals surface area (Å²) in [5.41, 5.74) is 1.73. The molecule has 0 saturated carbocycles. The van der Waals surface area contributed by atoms with Crippen LogP contribution in [0, 0.1) is 0 Å². The molecular formula is C10H10Cl2O. The third-order valence-electron chi connectivity index (χ3n) is 1.63. The molecule has 0 radical (unpaired) electrons. The van der Waals surface area contributed by atoms with Crippen molar-refractivity contribution in [2.75, 3.05) is 5.88 Å². The Kier molecular flexibility index (Phi) is 4.29.